The smallest absolute Gasteiger partial charge is 0.122 e. The summed E-state index contributed by atoms with van der Waals surface area (Å²) in [6.07, 6.45) is 5.15. The standard InChI is InChI=1S/C16H27N3O/c1-12-8-15(20-3)9-14(18-12)11-19(2)16-7-5-4-6-13(16)10-17/h8-9,13,16H,4-7,10-11,17H2,1-3H3. The molecule has 1 fully saturated rings. The summed E-state index contributed by atoms with van der Waals surface area (Å²) in [6, 6.07) is 4.58. The second kappa shape index (κ2) is 7.04. The van der Waals surface area contributed by atoms with Crippen molar-refractivity contribution in [2.45, 2.75) is 45.2 Å². The van der Waals surface area contributed by atoms with Crippen LogP contribution in [0.1, 0.15) is 37.1 Å². The van der Waals surface area contributed by atoms with E-state index in [9.17, 15) is 0 Å². The lowest BCUT2D eigenvalue weighted by Crippen LogP contribution is -2.42. The van der Waals surface area contributed by atoms with E-state index in [1.165, 1.54) is 25.7 Å². The molecule has 4 nitrogen and oxygen atoms in total. The number of rotatable bonds is 5. The van der Waals surface area contributed by atoms with E-state index in [1.54, 1.807) is 7.11 Å². The highest BCUT2D eigenvalue weighted by atomic mass is 16.5. The van der Waals surface area contributed by atoms with Gasteiger partial charge in [-0.2, -0.15) is 0 Å². The van der Waals surface area contributed by atoms with Crippen molar-refractivity contribution in [1.82, 2.24) is 9.88 Å². The Labute approximate surface area is 122 Å². The summed E-state index contributed by atoms with van der Waals surface area (Å²) in [6.45, 7) is 3.66. The number of aryl methyl sites for hydroxylation is 1. The van der Waals surface area contributed by atoms with Crippen molar-refractivity contribution in [2.24, 2.45) is 11.7 Å². The lowest BCUT2D eigenvalue weighted by Gasteiger charge is -2.37. The fourth-order valence-corrected chi connectivity index (χ4v) is 3.32. The third-order valence-electron chi connectivity index (χ3n) is 4.36. The normalized spacial score (nSPS) is 23.1. The number of nitrogens with zero attached hydrogens (tertiary/aromatic N) is 2. The second-order valence-electron chi connectivity index (χ2n) is 5.90. The Morgan fingerprint density at radius 2 is 2.10 bits per heavy atom. The van der Waals surface area contributed by atoms with Crippen molar-refractivity contribution in [2.75, 3.05) is 20.7 Å². The number of ether oxygens (including phenoxy) is 1. The summed E-state index contributed by atoms with van der Waals surface area (Å²) in [4.78, 5) is 7.03. The zero-order valence-electron chi connectivity index (χ0n) is 12.9. The fraction of sp³-hybridized carbons (Fsp3) is 0.688. The number of methoxy groups -OCH3 is 1. The average molecular weight is 277 g/mol. The maximum absolute atomic E-state index is 5.93. The maximum Gasteiger partial charge on any atom is 0.122 e. The Kier molecular flexibility index (Phi) is 5.38. The first-order valence-electron chi connectivity index (χ1n) is 7.56. The molecule has 0 bridgehead atoms. The molecular weight excluding hydrogens is 250 g/mol. The van der Waals surface area contributed by atoms with Gasteiger partial charge in [-0.3, -0.25) is 9.88 Å². The first kappa shape index (κ1) is 15.3. The van der Waals surface area contributed by atoms with E-state index >= 15 is 0 Å². The third-order valence-corrected chi connectivity index (χ3v) is 4.36. The van der Waals surface area contributed by atoms with Gasteiger partial charge in [0.2, 0.25) is 0 Å². The van der Waals surface area contributed by atoms with Gasteiger partial charge in [0.25, 0.3) is 0 Å². The van der Waals surface area contributed by atoms with E-state index in [-0.39, 0.29) is 0 Å². The van der Waals surface area contributed by atoms with Crippen LogP contribution in [0.3, 0.4) is 0 Å². The van der Waals surface area contributed by atoms with Crippen molar-refractivity contribution in [3.63, 3.8) is 0 Å². The van der Waals surface area contributed by atoms with E-state index in [0.717, 1.165) is 30.2 Å². The SMILES string of the molecule is COc1cc(C)nc(CN(C)C2CCCCC2CN)c1. The van der Waals surface area contributed by atoms with Gasteiger partial charge in [-0.15, -0.1) is 0 Å². The molecule has 1 saturated carbocycles. The summed E-state index contributed by atoms with van der Waals surface area (Å²) in [5.74, 6) is 1.51. The van der Waals surface area contributed by atoms with Gasteiger partial charge in [0, 0.05) is 30.4 Å². The summed E-state index contributed by atoms with van der Waals surface area (Å²) in [7, 11) is 3.89. The van der Waals surface area contributed by atoms with Gasteiger partial charge in [-0.25, -0.2) is 0 Å². The van der Waals surface area contributed by atoms with Crippen LogP contribution < -0.4 is 10.5 Å². The molecular formula is C16H27N3O. The lowest BCUT2D eigenvalue weighted by molar-refractivity contribution is 0.126. The van der Waals surface area contributed by atoms with Gasteiger partial charge < -0.3 is 10.5 Å². The fourth-order valence-electron chi connectivity index (χ4n) is 3.32. The molecule has 2 unspecified atom stereocenters. The molecule has 1 aliphatic carbocycles. The van der Waals surface area contributed by atoms with Crippen molar-refractivity contribution in [3.8, 4) is 5.75 Å². The van der Waals surface area contributed by atoms with Crippen LogP contribution >= 0.6 is 0 Å². The molecule has 0 aliphatic heterocycles. The Bertz CT molecular complexity index is 436. The molecule has 1 heterocycles. The minimum atomic E-state index is 0.585. The van der Waals surface area contributed by atoms with Crippen LogP contribution in [-0.2, 0) is 6.54 Å². The highest BCUT2D eigenvalue weighted by Crippen LogP contribution is 2.28. The zero-order chi connectivity index (χ0) is 14.5. The zero-order valence-corrected chi connectivity index (χ0v) is 12.9. The first-order valence-corrected chi connectivity index (χ1v) is 7.56. The van der Waals surface area contributed by atoms with Crippen molar-refractivity contribution in [1.29, 1.82) is 0 Å². The number of hydrogen-bond donors (Lipinski definition) is 1. The Balaban J connectivity index is 2.06. The molecule has 0 amide bonds. The van der Waals surface area contributed by atoms with E-state index in [1.807, 2.05) is 19.1 Å². The minimum Gasteiger partial charge on any atom is -0.497 e. The van der Waals surface area contributed by atoms with Crippen molar-refractivity contribution >= 4 is 0 Å². The summed E-state index contributed by atoms with van der Waals surface area (Å²) < 4.78 is 5.33. The van der Waals surface area contributed by atoms with Crippen LogP contribution in [0.15, 0.2) is 12.1 Å². The van der Waals surface area contributed by atoms with E-state index in [2.05, 4.69) is 16.9 Å². The Morgan fingerprint density at radius 1 is 1.35 bits per heavy atom. The topological polar surface area (TPSA) is 51.4 Å². The predicted molar refractivity (Wildman–Crippen MR) is 81.8 cm³/mol. The van der Waals surface area contributed by atoms with Crippen LogP contribution in [0.25, 0.3) is 0 Å². The summed E-state index contributed by atoms with van der Waals surface area (Å²) in [5, 5.41) is 0. The van der Waals surface area contributed by atoms with E-state index in [4.69, 9.17) is 10.5 Å². The van der Waals surface area contributed by atoms with Gasteiger partial charge in [0.1, 0.15) is 5.75 Å². The van der Waals surface area contributed by atoms with Crippen molar-refractivity contribution < 1.29 is 4.74 Å². The second-order valence-corrected chi connectivity index (χ2v) is 5.90. The number of aromatic nitrogens is 1. The molecule has 2 N–H and O–H groups in total. The molecule has 0 spiro atoms. The third kappa shape index (κ3) is 3.70. The molecule has 1 aliphatic rings. The molecule has 112 valence electrons. The number of pyridine rings is 1. The molecule has 20 heavy (non-hydrogen) atoms. The van der Waals surface area contributed by atoms with E-state index in [0.29, 0.717) is 12.0 Å². The quantitative estimate of drug-likeness (QED) is 0.897. The maximum atomic E-state index is 5.93. The largest absolute Gasteiger partial charge is 0.497 e. The summed E-state index contributed by atoms with van der Waals surface area (Å²) >= 11 is 0. The molecule has 4 heteroatoms. The highest BCUT2D eigenvalue weighted by molar-refractivity contribution is 5.26. The number of hydrogen-bond acceptors (Lipinski definition) is 4. The summed E-state index contributed by atoms with van der Waals surface area (Å²) in [5.41, 5.74) is 8.01. The molecule has 0 aromatic carbocycles. The lowest BCUT2D eigenvalue weighted by atomic mass is 9.83. The van der Waals surface area contributed by atoms with Crippen molar-refractivity contribution in [3.05, 3.63) is 23.5 Å². The Morgan fingerprint density at radius 3 is 2.80 bits per heavy atom. The van der Waals surface area contributed by atoms with Gasteiger partial charge in [-0.1, -0.05) is 12.8 Å². The highest BCUT2D eigenvalue weighted by Gasteiger charge is 2.27. The van der Waals surface area contributed by atoms with Crippen LogP contribution in [0.4, 0.5) is 0 Å². The molecule has 2 atom stereocenters. The number of nitrogens with two attached hydrogens (primary N) is 1. The van der Waals surface area contributed by atoms with Crippen LogP contribution in [0.2, 0.25) is 0 Å². The first-order chi connectivity index (χ1) is 9.63. The molecule has 1 aromatic heterocycles. The molecule has 1 aromatic rings. The van der Waals surface area contributed by atoms with Gasteiger partial charge >= 0.3 is 0 Å². The van der Waals surface area contributed by atoms with Gasteiger partial charge in [-0.05, 0) is 39.3 Å². The average Bonchev–Trinajstić information content (AvgIpc) is 2.46. The van der Waals surface area contributed by atoms with Crippen LogP contribution in [0.5, 0.6) is 5.75 Å². The molecule has 2 rings (SSSR count). The van der Waals surface area contributed by atoms with E-state index < -0.39 is 0 Å². The molecule has 0 saturated heterocycles. The molecule has 0 radical (unpaired) electrons. The van der Waals surface area contributed by atoms with Gasteiger partial charge in [0.05, 0.1) is 12.8 Å². The van der Waals surface area contributed by atoms with Crippen LogP contribution in [0, 0.1) is 12.8 Å². The minimum absolute atomic E-state index is 0.585. The predicted octanol–water partition coefficient (Wildman–Crippen LogP) is 2.35. The monoisotopic (exact) mass is 277 g/mol. The van der Waals surface area contributed by atoms with Crippen LogP contribution in [-0.4, -0.2) is 36.6 Å². The Hall–Kier alpha value is -1.13. The van der Waals surface area contributed by atoms with Gasteiger partial charge in [0.15, 0.2) is 0 Å².